The number of nitrogens with zero attached hydrogens (tertiary/aromatic N) is 3. The first-order valence-corrected chi connectivity index (χ1v) is 13.7. The van der Waals surface area contributed by atoms with E-state index in [1.807, 2.05) is 0 Å². The van der Waals surface area contributed by atoms with E-state index in [1.54, 1.807) is 72.8 Å². The van der Waals surface area contributed by atoms with Crippen molar-refractivity contribution in [1.82, 2.24) is 5.43 Å². The number of anilines is 1. The predicted octanol–water partition coefficient (Wildman–Crippen LogP) is 5.17. The van der Waals surface area contributed by atoms with Gasteiger partial charge in [0.25, 0.3) is 21.6 Å². The highest BCUT2D eigenvalue weighted by molar-refractivity contribution is 7.92. The number of carbonyl (C=O) groups is 1. The zero-order valence-electron chi connectivity index (χ0n) is 20.9. The van der Waals surface area contributed by atoms with Crippen LogP contribution in [0.15, 0.2) is 113 Å². The summed E-state index contributed by atoms with van der Waals surface area (Å²) < 4.78 is 33.3. The van der Waals surface area contributed by atoms with E-state index in [0.29, 0.717) is 16.3 Å². The number of nitrogens with one attached hydrogen (secondary N) is 1. The first kappa shape index (κ1) is 28.3. The van der Waals surface area contributed by atoms with Gasteiger partial charge >= 0.3 is 0 Å². The molecule has 0 saturated heterocycles. The van der Waals surface area contributed by atoms with Crippen molar-refractivity contribution in [1.29, 1.82) is 0 Å². The van der Waals surface area contributed by atoms with Crippen LogP contribution in [-0.4, -0.2) is 32.0 Å². The van der Waals surface area contributed by atoms with Gasteiger partial charge in [-0.15, -0.1) is 0 Å². The van der Waals surface area contributed by atoms with Crippen molar-refractivity contribution in [3.05, 3.63) is 129 Å². The number of nitro groups is 1. The van der Waals surface area contributed by atoms with Gasteiger partial charge in [-0.2, -0.15) is 5.10 Å². The summed E-state index contributed by atoms with van der Waals surface area (Å²) in [6.45, 7) is -0.291. The number of amides is 1. The summed E-state index contributed by atoms with van der Waals surface area (Å²) >= 11 is 6.07. The number of nitro benzene ring substituents is 1. The molecule has 4 rings (SSSR count). The van der Waals surface area contributed by atoms with Gasteiger partial charge in [0.1, 0.15) is 18.9 Å². The van der Waals surface area contributed by atoms with Gasteiger partial charge in [-0.25, -0.2) is 13.8 Å². The molecule has 0 unspecified atom stereocenters. The van der Waals surface area contributed by atoms with E-state index in [2.05, 4.69) is 10.5 Å². The Hall–Kier alpha value is -4.74. The minimum Gasteiger partial charge on any atom is -0.489 e. The standard InChI is InChI=1S/C28H23ClN4O6S/c29-23-5-4-6-25(17-23)32(40(37,38)27-7-2-1-3-8-27)19-28(34)31-30-18-21-11-15-26(16-12-21)39-20-22-9-13-24(14-10-22)33(35)36/h1-18H,19-20H2,(H,31,34)/b30-18-. The van der Waals surface area contributed by atoms with Gasteiger partial charge < -0.3 is 4.74 Å². The van der Waals surface area contributed by atoms with Crippen molar-refractivity contribution in [2.75, 3.05) is 10.8 Å². The van der Waals surface area contributed by atoms with Crippen LogP contribution in [0.1, 0.15) is 11.1 Å². The van der Waals surface area contributed by atoms with Crippen molar-refractivity contribution in [2.24, 2.45) is 5.10 Å². The predicted molar refractivity (Wildman–Crippen MR) is 152 cm³/mol. The van der Waals surface area contributed by atoms with Crippen LogP contribution in [0.25, 0.3) is 0 Å². The molecule has 0 saturated carbocycles. The lowest BCUT2D eigenvalue weighted by molar-refractivity contribution is -0.384. The fraction of sp³-hybridized carbons (Fsp3) is 0.0714. The smallest absolute Gasteiger partial charge is 0.269 e. The molecular formula is C28H23ClN4O6S. The van der Waals surface area contributed by atoms with Crippen LogP contribution in [0.3, 0.4) is 0 Å². The molecule has 0 fully saturated rings. The Morgan fingerprint density at radius 2 is 1.68 bits per heavy atom. The van der Waals surface area contributed by atoms with Crippen LogP contribution in [0, 0.1) is 10.1 Å². The van der Waals surface area contributed by atoms with Gasteiger partial charge in [0.15, 0.2) is 0 Å². The molecule has 4 aromatic rings. The third-order valence-corrected chi connectivity index (χ3v) is 7.57. The summed E-state index contributed by atoms with van der Waals surface area (Å²) in [7, 11) is -4.06. The SMILES string of the molecule is O=C(CN(c1cccc(Cl)c1)S(=O)(=O)c1ccccc1)N/N=C\c1ccc(OCc2ccc([N+](=O)[O-])cc2)cc1. The number of rotatable bonds is 11. The summed E-state index contributed by atoms with van der Waals surface area (Å²) in [6.07, 6.45) is 1.41. The van der Waals surface area contributed by atoms with Crippen molar-refractivity contribution >= 4 is 45.1 Å². The van der Waals surface area contributed by atoms with E-state index >= 15 is 0 Å². The van der Waals surface area contributed by atoms with Gasteiger partial charge in [0, 0.05) is 17.2 Å². The Balaban J connectivity index is 1.37. The number of ether oxygens (including phenoxy) is 1. The molecule has 0 aliphatic carbocycles. The molecule has 4 aromatic carbocycles. The van der Waals surface area contributed by atoms with E-state index in [9.17, 15) is 23.3 Å². The zero-order valence-corrected chi connectivity index (χ0v) is 22.5. The fourth-order valence-corrected chi connectivity index (χ4v) is 5.16. The van der Waals surface area contributed by atoms with E-state index in [1.165, 1.54) is 36.5 Å². The monoisotopic (exact) mass is 578 g/mol. The first-order valence-electron chi connectivity index (χ1n) is 11.8. The summed E-state index contributed by atoms with van der Waals surface area (Å²) in [5, 5.41) is 15.0. The summed E-state index contributed by atoms with van der Waals surface area (Å²) in [4.78, 5) is 23.0. The highest BCUT2D eigenvalue weighted by Crippen LogP contribution is 2.26. The van der Waals surface area contributed by atoms with E-state index in [-0.39, 0.29) is 22.9 Å². The molecule has 12 heteroatoms. The largest absolute Gasteiger partial charge is 0.489 e. The minimum atomic E-state index is -4.06. The van der Waals surface area contributed by atoms with Crippen molar-refractivity contribution in [3.63, 3.8) is 0 Å². The highest BCUT2D eigenvalue weighted by atomic mass is 35.5. The van der Waals surface area contributed by atoms with Gasteiger partial charge in [0.05, 0.1) is 21.7 Å². The number of non-ortho nitro benzene ring substituents is 1. The minimum absolute atomic E-state index is 0.00877. The lowest BCUT2D eigenvalue weighted by Gasteiger charge is -2.23. The lowest BCUT2D eigenvalue weighted by Crippen LogP contribution is -2.39. The molecule has 0 aromatic heterocycles. The molecule has 1 N–H and O–H groups in total. The topological polar surface area (TPSA) is 131 Å². The molecule has 0 atom stereocenters. The van der Waals surface area contributed by atoms with Crippen LogP contribution < -0.4 is 14.5 Å². The van der Waals surface area contributed by atoms with E-state index < -0.39 is 27.4 Å². The second-order valence-electron chi connectivity index (χ2n) is 8.38. The number of benzene rings is 4. The second kappa shape index (κ2) is 12.9. The molecule has 0 aliphatic heterocycles. The Labute approximate surface area is 235 Å². The third-order valence-electron chi connectivity index (χ3n) is 5.55. The number of hydrogen-bond donors (Lipinski definition) is 1. The molecule has 40 heavy (non-hydrogen) atoms. The van der Waals surface area contributed by atoms with Gasteiger partial charge in [0.2, 0.25) is 0 Å². The van der Waals surface area contributed by atoms with Crippen molar-refractivity contribution in [2.45, 2.75) is 11.5 Å². The molecule has 0 radical (unpaired) electrons. The Morgan fingerprint density at radius 3 is 2.33 bits per heavy atom. The first-order chi connectivity index (χ1) is 19.2. The molecule has 0 spiro atoms. The molecule has 0 bridgehead atoms. The van der Waals surface area contributed by atoms with Crippen molar-refractivity contribution in [3.8, 4) is 5.75 Å². The summed E-state index contributed by atoms with van der Waals surface area (Å²) in [5.74, 6) is -0.0818. The quantitative estimate of drug-likeness (QED) is 0.148. The van der Waals surface area contributed by atoms with E-state index in [4.69, 9.17) is 16.3 Å². The van der Waals surface area contributed by atoms with Crippen LogP contribution in [0.2, 0.25) is 5.02 Å². The van der Waals surface area contributed by atoms with Gasteiger partial charge in [-0.3, -0.25) is 19.2 Å². The fourth-order valence-electron chi connectivity index (χ4n) is 3.54. The number of sulfonamides is 1. The maximum absolute atomic E-state index is 13.3. The second-order valence-corrected chi connectivity index (χ2v) is 10.7. The highest BCUT2D eigenvalue weighted by Gasteiger charge is 2.27. The molecule has 1 amide bonds. The lowest BCUT2D eigenvalue weighted by atomic mass is 10.2. The number of hydrogen-bond acceptors (Lipinski definition) is 7. The number of hydrazone groups is 1. The normalized spacial score (nSPS) is 11.2. The maximum atomic E-state index is 13.3. The molecule has 10 nitrogen and oxygen atoms in total. The average molecular weight is 579 g/mol. The maximum Gasteiger partial charge on any atom is 0.269 e. The number of carbonyl (C=O) groups excluding carboxylic acids is 1. The van der Waals surface area contributed by atoms with Crippen LogP contribution >= 0.6 is 11.6 Å². The Kier molecular flexibility index (Phi) is 9.10. The summed E-state index contributed by atoms with van der Waals surface area (Å²) in [6, 6.07) is 26.9. The molecule has 0 heterocycles. The average Bonchev–Trinajstić information content (AvgIpc) is 2.96. The van der Waals surface area contributed by atoms with E-state index in [0.717, 1.165) is 9.87 Å². The van der Waals surface area contributed by atoms with Gasteiger partial charge in [-0.05, 0) is 77.9 Å². The number of halogens is 1. The Bertz CT molecular complexity index is 1610. The summed E-state index contributed by atoms with van der Waals surface area (Å²) in [5.41, 5.74) is 4.04. The van der Waals surface area contributed by atoms with Crippen LogP contribution in [-0.2, 0) is 21.4 Å². The Morgan fingerprint density at radius 1 is 0.975 bits per heavy atom. The van der Waals surface area contributed by atoms with Gasteiger partial charge in [-0.1, -0.05) is 35.9 Å². The molecular weight excluding hydrogens is 556 g/mol. The third kappa shape index (κ3) is 7.43. The van der Waals surface area contributed by atoms with Crippen molar-refractivity contribution < 1.29 is 22.9 Å². The molecule has 204 valence electrons. The van der Waals surface area contributed by atoms with Crippen LogP contribution in [0.4, 0.5) is 11.4 Å². The zero-order chi connectivity index (χ0) is 28.5. The van der Waals surface area contributed by atoms with Crippen LogP contribution in [0.5, 0.6) is 5.75 Å². The molecule has 0 aliphatic rings.